The smallest absolute Gasteiger partial charge is 0.429 e. The Balaban J connectivity index is 2.06. The summed E-state index contributed by atoms with van der Waals surface area (Å²) >= 11 is 0. The molecule has 0 saturated heterocycles. The Morgan fingerprint density at radius 1 is 1.10 bits per heavy atom. The van der Waals surface area contributed by atoms with Gasteiger partial charge in [-0.2, -0.15) is 13.2 Å². The summed E-state index contributed by atoms with van der Waals surface area (Å²) in [6.45, 7) is 1.82. The van der Waals surface area contributed by atoms with Crippen LogP contribution in [0.25, 0.3) is 11.0 Å². The number of fused-ring (bicyclic) bond motifs is 1. The number of nitrogens with zero attached hydrogens (tertiary/aromatic N) is 3. The van der Waals surface area contributed by atoms with Crippen molar-refractivity contribution < 1.29 is 26.3 Å². The molecule has 1 atom stereocenters. The molecule has 160 valence electrons. The van der Waals surface area contributed by atoms with Crippen LogP contribution in [-0.2, 0) is 10.0 Å². The SMILES string of the molecule is CCCCS(=O)(=O)Nc1nc2ccccc2nc1OC(c1cccnc1)C(F)(F)F. The average Bonchev–Trinajstić information content (AvgIpc) is 2.70. The van der Waals surface area contributed by atoms with Crippen LogP contribution in [0, 0.1) is 0 Å². The van der Waals surface area contributed by atoms with Crippen LogP contribution in [0.2, 0.25) is 0 Å². The Morgan fingerprint density at radius 3 is 2.40 bits per heavy atom. The Kier molecular flexibility index (Phi) is 6.40. The molecule has 1 N–H and O–H groups in total. The molecule has 30 heavy (non-hydrogen) atoms. The number of ether oxygens (including phenoxy) is 1. The molecule has 0 bridgehead atoms. The number of anilines is 1. The van der Waals surface area contributed by atoms with Crippen molar-refractivity contribution >= 4 is 26.9 Å². The van der Waals surface area contributed by atoms with E-state index in [1.165, 1.54) is 24.4 Å². The molecule has 3 rings (SSSR count). The molecule has 0 fully saturated rings. The van der Waals surface area contributed by atoms with Crippen molar-refractivity contribution in [3.63, 3.8) is 0 Å². The van der Waals surface area contributed by atoms with E-state index in [1.807, 2.05) is 6.92 Å². The fraction of sp³-hybridized carbons (Fsp3) is 0.316. The molecule has 0 radical (unpaired) electrons. The predicted octanol–water partition coefficient (Wildman–Crippen LogP) is 4.25. The van der Waals surface area contributed by atoms with Crippen molar-refractivity contribution in [2.75, 3.05) is 10.5 Å². The monoisotopic (exact) mass is 440 g/mol. The van der Waals surface area contributed by atoms with Crippen LogP contribution in [0.5, 0.6) is 5.88 Å². The highest BCUT2D eigenvalue weighted by Crippen LogP contribution is 2.38. The molecule has 0 aliphatic heterocycles. The zero-order chi connectivity index (χ0) is 21.8. The lowest BCUT2D eigenvalue weighted by molar-refractivity contribution is -0.198. The first-order chi connectivity index (χ1) is 14.2. The second-order valence-corrected chi connectivity index (χ2v) is 8.31. The first-order valence-electron chi connectivity index (χ1n) is 9.10. The minimum atomic E-state index is -4.80. The number of para-hydroxylation sites is 2. The van der Waals surface area contributed by atoms with Crippen LogP contribution < -0.4 is 9.46 Å². The first-order valence-corrected chi connectivity index (χ1v) is 10.8. The van der Waals surface area contributed by atoms with Crippen LogP contribution in [0.3, 0.4) is 0 Å². The maximum absolute atomic E-state index is 13.7. The fourth-order valence-electron chi connectivity index (χ4n) is 2.63. The predicted molar refractivity (Wildman–Crippen MR) is 106 cm³/mol. The molecular formula is C19H19F3N4O3S. The largest absolute Gasteiger partial charge is 0.457 e. The Hall–Kier alpha value is -2.95. The average molecular weight is 440 g/mol. The van der Waals surface area contributed by atoms with Crippen LogP contribution in [-0.4, -0.2) is 35.3 Å². The van der Waals surface area contributed by atoms with E-state index >= 15 is 0 Å². The Labute approximate surface area is 171 Å². The third-order valence-corrected chi connectivity index (χ3v) is 5.40. The summed E-state index contributed by atoms with van der Waals surface area (Å²) in [5.41, 5.74) is 0.318. The van der Waals surface area contributed by atoms with Gasteiger partial charge >= 0.3 is 6.18 Å². The van der Waals surface area contributed by atoms with Gasteiger partial charge in [0.2, 0.25) is 21.9 Å². The lowest BCUT2D eigenvalue weighted by atomic mass is 10.1. The highest BCUT2D eigenvalue weighted by atomic mass is 32.2. The highest BCUT2D eigenvalue weighted by Gasteiger charge is 2.44. The van der Waals surface area contributed by atoms with E-state index in [-0.39, 0.29) is 16.8 Å². The minimum absolute atomic E-state index is 0.206. The van der Waals surface area contributed by atoms with Gasteiger partial charge in [0.05, 0.1) is 16.8 Å². The molecule has 0 spiro atoms. The molecule has 0 aliphatic rings. The Morgan fingerprint density at radius 2 is 1.80 bits per heavy atom. The zero-order valence-corrected chi connectivity index (χ0v) is 16.7. The number of hydrogen-bond acceptors (Lipinski definition) is 6. The summed E-state index contributed by atoms with van der Waals surface area (Å²) in [5.74, 6) is -1.18. The number of alkyl halides is 3. The van der Waals surface area contributed by atoms with E-state index < -0.39 is 34.0 Å². The van der Waals surface area contributed by atoms with Gasteiger partial charge in [-0.25, -0.2) is 18.4 Å². The molecule has 11 heteroatoms. The summed E-state index contributed by atoms with van der Waals surface area (Å²) in [5, 5.41) is 0. The van der Waals surface area contributed by atoms with Crippen molar-refractivity contribution in [2.45, 2.75) is 32.0 Å². The van der Waals surface area contributed by atoms with Gasteiger partial charge in [0.15, 0.2) is 0 Å². The first kappa shape index (κ1) is 21.8. The number of benzene rings is 1. The van der Waals surface area contributed by atoms with Gasteiger partial charge in [0, 0.05) is 18.0 Å². The maximum atomic E-state index is 13.7. The maximum Gasteiger partial charge on any atom is 0.429 e. The number of aromatic nitrogens is 3. The van der Waals surface area contributed by atoms with Gasteiger partial charge in [-0.1, -0.05) is 31.5 Å². The summed E-state index contributed by atoms with van der Waals surface area (Å²) in [6, 6.07) is 8.95. The van der Waals surface area contributed by atoms with Gasteiger partial charge in [0.25, 0.3) is 5.88 Å². The van der Waals surface area contributed by atoms with Gasteiger partial charge in [-0.05, 0) is 24.6 Å². The van der Waals surface area contributed by atoms with E-state index in [0.29, 0.717) is 18.4 Å². The number of hydrogen-bond donors (Lipinski definition) is 1. The Bertz CT molecular complexity index is 1110. The molecule has 2 heterocycles. The number of nitrogens with one attached hydrogen (secondary N) is 1. The quantitative estimate of drug-likeness (QED) is 0.563. The van der Waals surface area contributed by atoms with Crippen molar-refractivity contribution in [3.05, 3.63) is 54.4 Å². The van der Waals surface area contributed by atoms with Crippen LogP contribution in [0.15, 0.2) is 48.8 Å². The second kappa shape index (κ2) is 8.82. The molecule has 3 aromatic rings. The molecule has 1 unspecified atom stereocenters. The van der Waals surface area contributed by atoms with Crippen molar-refractivity contribution in [1.82, 2.24) is 15.0 Å². The molecular weight excluding hydrogens is 421 g/mol. The van der Waals surface area contributed by atoms with E-state index in [2.05, 4.69) is 19.7 Å². The lowest BCUT2D eigenvalue weighted by Gasteiger charge is -2.22. The van der Waals surface area contributed by atoms with Crippen LogP contribution >= 0.6 is 0 Å². The van der Waals surface area contributed by atoms with Crippen molar-refractivity contribution in [3.8, 4) is 5.88 Å². The number of unbranched alkanes of at least 4 members (excludes halogenated alkanes) is 1. The van der Waals surface area contributed by atoms with Crippen LogP contribution in [0.4, 0.5) is 19.0 Å². The van der Waals surface area contributed by atoms with E-state index in [0.717, 1.165) is 6.20 Å². The minimum Gasteiger partial charge on any atom is -0.457 e. The fourth-order valence-corrected chi connectivity index (χ4v) is 3.83. The summed E-state index contributed by atoms with van der Waals surface area (Å²) in [4.78, 5) is 11.9. The van der Waals surface area contributed by atoms with E-state index in [1.54, 1.807) is 18.2 Å². The summed E-state index contributed by atoms with van der Waals surface area (Å²) in [7, 11) is -3.85. The third-order valence-electron chi connectivity index (χ3n) is 4.07. The van der Waals surface area contributed by atoms with Crippen molar-refractivity contribution in [1.29, 1.82) is 0 Å². The molecule has 7 nitrogen and oxygen atoms in total. The standard InChI is InChI=1S/C19H19F3N4O3S/c1-2-3-11-30(27,28)26-17-18(25-15-9-5-4-8-14(15)24-17)29-16(19(20,21)22)13-7-6-10-23-12-13/h4-10,12,16H,2-3,11H2,1H3,(H,24,26). The molecule has 1 aromatic carbocycles. The number of rotatable bonds is 8. The summed E-state index contributed by atoms with van der Waals surface area (Å²) < 4.78 is 73.2. The van der Waals surface area contributed by atoms with Crippen molar-refractivity contribution in [2.24, 2.45) is 0 Å². The van der Waals surface area contributed by atoms with E-state index in [4.69, 9.17) is 4.74 Å². The van der Waals surface area contributed by atoms with Crippen LogP contribution in [0.1, 0.15) is 31.4 Å². The summed E-state index contributed by atoms with van der Waals surface area (Å²) in [6.07, 6.45) is -3.83. The number of sulfonamides is 1. The lowest BCUT2D eigenvalue weighted by Crippen LogP contribution is -2.27. The third kappa shape index (κ3) is 5.35. The van der Waals surface area contributed by atoms with Gasteiger partial charge < -0.3 is 4.74 Å². The zero-order valence-electron chi connectivity index (χ0n) is 15.9. The number of pyridine rings is 1. The van der Waals surface area contributed by atoms with Gasteiger partial charge in [-0.15, -0.1) is 0 Å². The molecule has 0 aliphatic carbocycles. The molecule has 0 saturated carbocycles. The second-order valence-electron chi connectivity index (χ2n) is 6.47. The highest BCUT2D eigenvalue weighted by molar-refractivity contribution is 7.92. The van der Waals surface area contributed by atoms with Gasteiger partial charge in [-0.3, -0.25) is 9.71 Å². The molecule has 0 amide bonds. The number of halogens is 3. The normalized spacial score (nSPS) is 13.2. The molecule has 2 aromatic heterocycles. The van der Waals surface area contributed by atoms with Gasteiger partial charge in [0.1, 0.15) is 0 Å². The topological polar surface area (TPSA) is 94.1 Å². The van der Waals surface area contributed by atoms with E-state index in [9.17, 15) is 21.6 Å².